The number of carbonyl (C=O) groups excluding carboxylic acids is 1. The summed E-state index contributed by atoms with van der Waals surface area (Å²) in [5.74, 6) is 0.644. The topological polar surface area (TPSA) is 76.1 Å². The Bertz CT molecular complexity index is 932. The highest BCUT2D eigenvalue weighted by Gasteiger charge is 2.36. The molecule has 1 aromatic carbocycles. The lowest BCUT2D eigenvalue weighted by molar-refractivity contribution is -0.123. The largest absolute Gasteiger partial charge is 0.378 e. The number of ether oxygens (including phenoxy) is 1. The van der Waals surface area contributed by atoms with Crippen LogP contribution in [0, 0.1) is 10.7 Å². The van der Waals surface area contributed by atoms with Gasteiger partial charge in [-0.1, -0.05) is 12.1 Å². The van der Waals surface area contributed by atoms with E-state index in [1.807, 2.05) is 18.2 Å². The minimum atomic E-state index is -0.156. The van der Waals surface area contributed by atoms with E-state index < -0.39 is 0 Å². The molecule has 1 amide bonds. The molecule has 1 saturated carbocycles. The summed E-state index contributed by atoms with van der Waals surface area (Å²) in [6, 6.07) is 7.43. The molecule has 2 atom stereocenters. The van der Waals surface area contributed by atoms with Gasteiger partial charge in [0.2, 0.25) is 5.91 Å². The number of benzene rings is 1. The van der Waals surface area contributed by atoms with Gasteiger partial charge in [-0.15, -0.1) is 0 Å². The fourth-order valence-electron chi connectivity index (χ4n) is 3.67. The highest BCUT2D eigenvalue weighted by molar-refractivity contribution is 7.71. The molecule has 1 aromatic heterocycles. The lowest BCUT2D eigenvalue weighted by atomic mass is 10.00. The minimum absolute atomic E-state index is 0.0408. The molecular weight excluding hydrogens is 350 g/mol. The number of nitrogens with zero attached hydrogens (tertiary/aromatic N) is 1. The van der Waals surface area contributed by atoms with E-state index in [-0.39, 0.29) is 30.5 Å². The van der Waals surface area contributed by atoms with Gasteiger partial charge in [-0.05, 0) is 56.0 Å². The van der Waals surface area contributed by atoms with Gasteiger partial charge >= 0.3 is 0 Å². The molecule has 4 rings (SSSR count). The molecule has 1 saturated heterocycles. The number of fused-ring (bicyclic) bond motifs is 1. The lowest BCUT2D eigenvalue weighted by Gasteiger charge is -2.30. The first-order valence-electron chi connectivity index (χ1n) is 9.24. The number of H-pyrrole nitrogens is 1. The summed E-state index contributed by atoms with van der Waals surface area (Å²) in [5, 5.41) is 3.68. The molecule has 2 aromatic rings. The molecule has 1 aliphatic heterocycles. The first kappa shape index (κ1) is 17.4. The predicted octanol–water partition coefficient (Wildman–Crippen LogP) is 2.52. The van der Waals surface area contributed by atoms with Crippen LogP contribution in [0.25, 0.3) is 10.9 Å². The standard InChI is InChI=1S/C19H23N3O3S/c23-17(20-13-8-10-25-16(11-13)12-5-6-12)7-9-22-18(24)14-3-1-2-4-15(14)21-19(22)26/h1-4,12-13,16H,5-11H2,(H,20,23)(H,21,26)/t13-,16+/m0/s1. The van der Waals surface area contributed by atoms with Gasteiger partial charge in [0.15, 0.2) is 4.77 Å². The Morgan fingerprint density at radius 1 is 1.31 bits per heavy atom. The monoisotopic (exact) mass is 373 g/mol. The van der Waals surface area contributed by atoms with Crippen molar-refractivity contribution in [2.24, 2.45) is 5.92 Å². The van der Waals surface area contributed by atoms with Crippen molar-refractivity contribution in [3.05, 3.63) is 39.4 Å². The number of aromatic nitrogens is 2. The van der Waals surface area contributed by atoms with Crippen molar-refractivity contribution in [1.82, 2.24) is 14.9 Å². The van der Waals surface area contributed by atoms with Gasteiger partial charge in [-0.25, -0.2) is 0 Å². The summed E-state index contributed by atoms with van der Waals surface area (Å²) >= 11 is 5.29. The van der Waals surface area contributed by atoms with E-state index in [1.165, 1.54) is 17.4 Å². The second kappa shape index (κ2) is 7.32. The van der Waals surface area contributed by atoms with Gasteiger partial charge in [-0.2, -0.15) is 0 Å². The van der Waals surface area contributed by atoms with E-state index in [0.29, 0.717) is 28.8 Å². The Morgan fingerprint density at radius 2 is 2.12 bits per heavy atom. The molecule has 2 heterocycles. The molecule has 2 aliphatic rings. The minimum Gasteiger partial charge on any atom is -0.378 e. The van der Waals surface area contributed by atoms with Crippen LogP contribution in [-0.2, 0) is 16.1 Å². The highest BCUT2D eigenvalue weighted by atomic mass is 32.1. The summed E-state index contributed by atoms with van der Waals surface area (Å²) in [6.07, 6.45) is 4.77. The van der Waals surface area contributed by atoms with E-state index in [1.54, 1.807) is 6.07 Å². The molecular formula is C19H23N3O3S. The second-order valence-corrected chi connectivity index (χ2v) is 7.60. The maximum Gasteiger partial charge on any atom is 0.262 e. The fourth-order valence-corrected chi connectivity index (χ4v) is 3.95. The fraction of sp³-hybridized carbons (Fsp3) is 0.526. The van der Waals surface area contributed by atoms with Crippen LogP contribution in [0.2, 0.25) is 0 Å². The van der Waals surface area contributed by atoms with Crippen LogP contribution in [0.5, 0.6) is 0 Å². The number of carbonyl (C=O) groups is 1. The molecule has 0 unspecified atom stereocenters. The van der Waals surface area contributed by atoms with Crippen LogP contribution in [0.15, 0.2) is 29.1 Å². The van der Waals surface area contributed by atoms with Crippen LogP contribution in [-0.4, -0.2) is 34.2 Å². The third-order valence-corrected chi connectivity index (χ3v) is 5.60. The van der Waals surface area contributed by atoms with E-state index in [2.05, 4.69) is 10.3 Å². The second-order valence-electron chi connectivity index (χ2n) is 7.22. The maximum atomic E-state index is 12.6. The third kappa shape index (κ3) is 3.73. The third-order valence-electron chi connectivity index (χ3n) is 5.28. The van der Waals surface area contributed by atoms with Gasteiger partial charge < -0.3 is 15.0 Å². The molecule has 26 heavy (non-hydrogen) atoms. The average molecular weight is 373 g/mol. The highest BCUT2D eigenvalue weighted by Crippen LogP contribution is 2.38. The Morgan fingerprint density at radius 3 is 2.92 bits per heavy atom. The summed E-state index contributed by atoms with van der Waals surface area (Å²) < 4.78 is 7.62. The smallest absolute Gasteiger partial charge is 0.262 e. The quantitative estimate of drug-likeness (QED) is 0.790. The normalized spacial score (nSPS) is 23.1. The number of aromatic amines is 1. The van der Waals surface area contributed by atoms with Crippen LogP contribution >= 0.6 is 12.2 Å². The van der Waals surface area contributed by atoms with Crippen molar-refractivity contribution in [2.45, 2.75) is 50.8 Å². The number of amides is 1. The van der Waals surface area contributed by atoms with E-state index >= 15 is 0 Å². The summed E-state index contributed by atoms with van der Waals surface area (Å²) in [6.45, 7) is 0.988. The number of nitrogens with one attached hydrogen (secondary N) is 2. The average Bonchev–Trinajstić information content (AvgIpc) is 3.47. The Kier molecular flexibility index (Phi) is 4.91. The molecule has 2 fully saturated rings. The molecule has 0 radical (unpaired) electrons. The van der Waals surface area contributed by atoms with E-state index in [9.17, 15) is 9.59 Å². The Balaban J connectivity index is 1.39. The molecule has 2 N–H and O–H groups in total. The number of para-hydroxylation sites is 1. The Hall–Kier alpha value is -1.99. The summed E-state index contributed by atoms with van der Waals surface area (Å²) in [5.41, 5.74) is 0.563. The zero-order valence-electron chi connectivity index (χ0n) is 14.6. The zero-order valence-corrected chi connectivity index (χ0v) is 15.4. The molecule has 1 aliphatic carbocycles. The van der Waals surface area contributed by atoms with E-state index in [4.69, 9.17) is 17.0 Å². The first-order valence-corrected chi connectivity index (χ1v) is 9.65. The number of hydrogen-bond donors (Lipinski definition) is 2. The van der Waals surface area contributed by atoms with Crippen LogP contribution in [0.3, 0.4) is 0 Å². The summed E-state index contributed by atoms with van der Waals surface area (Å²) in [4.78, 5) is 28.0. The van der Waals surface area contributed by atoms with Gasteiger partial charge in [0, 0.05) is 25.6 Å². The lowest BCUT2D eigenvalue weighted by Crippen LogP contribution is -2.43. The van der Waals surface area contributed by atoms with Crippen molar-refractivity contribution in [1.29, 1.82) is 0 Å². The Labute approximate surface area is 156 Å². The van der Waals surface area contributed by atoms with Crippen molar-refractivity contribution >= 4 is 29.0 Å². The number of hydrogen-bond acceptors (Lipinski definition) is 4. The first-order chi connectivity index (χ1) is 12.6. The maximum absolute atomic E-state index is 12.6. The SMILES string of the molecule is O=C(CCn1c(=S)[nH]c2ccccc2c1=O)N[C@H]1CCO[C@@H](C2CC2)C1. The van der Waals surface area contributed by atoms with Crippen molar-refractivity contribution in [2.75, 3.05) is 6.61 Å². The van der Waals surface area contributed by atoms with Crippen molar-refractivity contribution in [3.63, 3.8) is 0 Å². The van der Waals surface area contributed by atoms with Crippen LogP contribution in [0.1, 0.15) is 32.1 Å². The molecule has 0 spiro atoms. The van der Waals surface area contributed by atoms with Crippen LogP contribution < -0.4 is 10.9 Å². The van der Waals surface area contributed by atoms with Gasteiger partial charge in [0.25, 0.3) is 5.56 Å². The molecule has 0 bridgehead atoms. The van der Waals surface area contributed by atoms with Gasteiger partial charge in [-0.3, -0.25) is 14.2 Å². The molecule has 6 nitrogen and oxygen atoms in total. The van der Waals surface area contributed by atoms with Crippen molar-refractivity contribution < 1.29 is 9.53 Å². The molecule has 7 heteroatoms. The summed E-state index contributed by atoms with van der Waals surface area (Å²) in [7, 11) is 0. The van der Waals surface area contributed by atoms with Gasteiger partial charge in [0.05, 0.1) is 17.0 Å². The molecule has 138 valence electrons. The van der Waals surface area contributed by atoms with Crippen molar-refractivity contribution in [3.8, 4) is 0 Å². The zero-order chi connectivity index (χ0) is 18.1. The van der Waals surface area contributed by atoms with E-state index in [0.717, 1.165) is 18.4 Å². The van der Waals surface area contributed by atoms with Gasteiger partial charge in [0.1, 0.15) is 0 Å². The van der Waals surface area contributed by atoms with Crippen LogP contribution in [0.4, 0.5) is 0 Å². The predicted molar refractivity (Wildman–Crippen MR) is 102 cm³/mol. The number of rotatable bonds is 5.